The Kier molecular flexibility index (Phi) is 9.39. The van der Waals surface area contributed by atoms with Crippen LogP contribution in [-0.4, -0.2) is 37.5 Å². The van der Waals surface area contributed by atoms with Crippen LogP contribution in [0, 0.1) is 11.8 Å². The van der Waals surface area contributed by atoms with Crippen LogP contribution in [0.3, 0.4) is 0 Å². The maximum atomic E-state index is 13.0. The largest absolute Gasteiger partial charge is 0.325 e. The first kappa shape index (κ1) is 24.4. The Bertz CT molecular complexity index is 886. The van der Waals surface area contributed by atoms with Gasteiger partial charge in [-0.1, -0.05) is 58.0 Å². The van der Waals surface area contributed by atoms with Gasteiger partial charge in [-0.15, -0.1) is 11.8 Å². The summed E-state index contributed by atoms with van der Waals surface area (Å²) >= 11 is 1.54. The lowest BCUT2D eigenvalue weighted by Crippen LogP contribution is -2.37. The molecule has 0 fully saturated rings. The minimum absolute atomic E-state index is 0.104. The fourth-order valence-corrected chi connectivity index (χ4v) is 5.53. The van der Waals surface area contributed by atoms with Crippen LogP contribution in [0.1, 0.15) is 33.3 Å². The van der Waals surface area contributed by atoms with Gasteiger partial charge in [0.2, 0.25) is 15.9 Å². The van der Waals surface area contributed by atoms with E-state index in [1.165, 1.54) is 5.56 Å². The van der Waals surface area contributed by atoms with E-state index in [0.717, 1.165) is 5.75 Å². The molecule has 0 aliphatic rings. The summed E-state index contributed by atoms with van der Waals surface area (Å²) in [6.07, 6.45) is 0. The van der Waals surface area contributed by atoms with E-state index in [9.17, 15) is 13.2 Å². The molecule has 0 aliphatic heterocycles. The monoisotopic (exact) mass is 448 g/mol. The molecule has 0 saturated heterocycles. The van der Waals surface area contributed by atoms with Crippen LogP contribution in [0.25, 0.3) is 0 Å². The number of hydrogen-bond donors (Lipinski definition) is 1. The SMILES string of the molecule is CC(C)CN(CC(C)C)S(=O)(=O)c1ccc(NC(=O)CSCc2ccccc2)cc1. The Morgan fingerprint density at radius 3 is 2.03 bits per heavy atom. The second-order valence-electron chi connectivity index (χ2n) is 8.16. The molecule has 0 unspecified atom stereocenters. The van der Waals surface area contributed by atoms with Gasteiger partial charge in [0, 0.05) is 24.5 Å². The molecular weight excluding hydrogens is 416 g/mol. The molecule has 2 rings (SSSR count). The van der Waals surface area contributed by atoms with Gasteiger partial charge in [-0.3, -0.25) is 4.79 Å². The number of sulfonamides is 1. The molecule has 164 valence electrons. The van der Waals surface area contributed by atoms with E-state index < -0.39 is 10.0 Å². The first-order chi connectivity index (χ1) is 14.2. The Balaban J connectivity index is 1.96. The highest BCUT2D eigenvalue weighted by atomic mass is 32.2. The van der Waals surface area contributed by atoms with Gasteiger partial charge in [0.15, 0.2) is 0 Å². The average Bonchev–Trinajstić information content (AvgIpc) is 2.68. The van der Waals surface area contributed by atoms with Crippen molar-refractivity contribution < 1.29 is 13.2 Å². The van der Waals surface area contributed by atoms with E-state index in [-0.39, 0.29) is 22.6 Å². The van der Waals surface area contributed by atoms with Crippen LogP contribution in [0.4, 0.5) is 5.69 Å². The van der Waals surface area contributed by atoms with Crippen LogP contribution < -0.4 is 5.32 Å². The molecule has 0 saturated carbocycles. The quantitative estimate of drug-likeness (QED) is 0.533. The number of hydrogen-bond acceptors (Lipinski definition) is 4. The fraction of sp³-hybridized carbons (Fsp3) is 0.435. The molecule has 7 heteroatoms. The number of rotatable bonds is 11. The zero-order chi connectivity index (χ0) is 22.1. The highest BCUT2D eigenvalue weighted by molar-refractivity contribution is 7.99. The lowest BCUT2D eigenvalue weighted by atomic mass is 10.2. The van der Waals surface area contributed by atoms with Gasteiger partial charge >= 0.3 is 0 Å². The molecule has 2 aromatic carbocycles. The molecule has 1 N–H and O–H groups in total. The number of amides is 1. The predicted molar refractivity (Wildman–Crippen MR) is 126 cm³/mol. The van der Waals surface area contributed by atoms with Crippen LogP contribution in [-0.2, 0) is 20.6 Å². The molecule has 1 amide bonds. The molecule has 5 nitrogen and oxygen atoms in total. The summed E-state index contributed by atoms with van der Waals surface area (Å²) < 4.78 is 27.6. The number of benzene rings is 2. The van der Waals surface area contributed by atoms with Crippen molar-refractivity contribution in [3.05, 3.63) is 60.2 Å². The van der Waals surface area contributed by atoms with Crippen molar-refractivity contribution in [3.63, 3.8) is 0 Å². The first-order valence-corrected chi connectivity index (χ1v) is 12.8. The summed E-state index contributed by atoms with van der Waals surface area (Å²) in [6, 6.07) is 16.4. The van der Waals surface area contributed by atoms with Gasteiger partial charge in [0.05, 0.1) is 10.6 Å². The van der Waals surface area contributed by atoms with Crippen LogP contribution in [0.2, 0.25) is 0 Å². The van der Waals surface area contributed by atoms with Crippen LogP contribution in [0.5, 0.6) is 0 Å². The predicted octanol–water partition coefficient (Wildman–Crippen LogP) is 4.86. The molecule has 0 spiro atoms. The summed E-state index contributed by atoms with van der Waals surface area (Å²) in [7, 11) is -3.56. The second kappa shape index (κ2) is 11.5. The summed E-state index contributed by atoms with van der Waals surface area (Å²) in [5.41, 5.74) is 1.77. The van der Waals surface area contributed by atoms with E-state index in [4.69, 9.17) is 0 Å². The van der Waals surface area contributed by atoms with E-state index in [0.29, 0.717) is 24.5 Å². The number of carbonyl (C=O) groups excluding carboxylic acids is 1. The topological polar surface area (TPSA) is 66.5 Å². The van der Waals surface area contributed by atoms with Gasteiger partial charge in [0.1, 0.15) is 0 Å². The van der Waals surface area contributed by atoms with E-state index >= 15 is 0 Å². The molecule has 0 aromatic heterocycles. The van der Waals surface area contributed by atoms with E-state index in [1.807, 2.05) is 58.0 Å². The number of anilines is 1. The average molecular weight is 449 g/mol. The first-order valence-electron chi connectivity index (χ1n) is 10.2. The van der Waals surface area contributed by atoms with Gasteiger partial charge in [0.25, 0.3) is 0 Å². The Labute approximate surface area is 185 Å². The Hall–Kier alpha value is -1.83. The molecule has 2 aromatic rings. The zero-order valence-corrected chi connectivity index (χ0v) is 19.8. The molecule has 0 bridgehead atoms. The third-order valence-corrected chi connectivity index (χ3v) is 7.11. The Morgan fingerprint density at radius 2 is 1.50 bits per heavy atom. The van der Waals surface area contributed by atoms with Crippen molar-refractivity contribution in [2.45, 2.75) is 38.3 Å². The summed E-state index contributed by atoms with van der Waals surface area (Å²) in [6.45, 7) is 9.01. The van der Waals surface area contributed by atoms with Gasteiger partial charge in [-0.25, -0.2) is 8.42 Å². The van der Waals surface area contributed by atoms with Crippen LogP contribution in [0.15, 0.2) is 59.5 Å². The normalized spacial score (nSPS) is 12.0. The maximum Gasteiger partial charge on any atom is 0.243 e. The molecule has 0 aliphatic carbocycles. The van der Waals surface area contributed by atoms with Crippen molar-refractivity contribution in [2.24, 2.45) is 11.8 Å². The number of thioether (sulfide) groups is 1. The van der Waals surface area contributed by atoms with Gasteiger partial charge in [-0.05, 0) is 41.7 Å². The third-order valence-electron chi connectivity index (χ3n) is 4.26. The molecule has 30 heavy (non-hydrogen) atoms. The van der Waals surface area contributed by atoms with Crippen molar-refractivity contribution in [1.29, 1.82) is 0 Å². The van der Waals surface area contributed by atoms with E-state index in [2.05, 4.69) is 5.32 Å². The minimum atomic E-state index is -3.56. The molecular formula is C23H32N2O3S2. The summed E-state index contributed by atoms with van der Waals surface area (Å²) in [4.78, 5) is 12.4. The second-order valence-corrected chi connectivity index (χ2v) is 11.1. The van der Waals surface area contributed by atoms with Crippen molar-refractivity contribution in [3.8, 4) is 0 Å². The Morgan fingerprint density at radius 1 is 0.933 bits per heavy atom. The lowest BCUT2D eigenvalue weighted by Gasteiger charge is -2.25. The molecule has 0 atom stereocenters. The highest BCUT2D eigenvalue weighted by Crippen LogP contribution is 2.21. The maximum absolute atomic E-state index is 13.0. The highest BCUT2D eigenvalue weighted by Gasteiger charge is 2.25. The summed E-state index contributed by atoms with van der Waals surface area (Å²) in [5.74, 6) is 1.49. The number of nitrogens with zero attached hydrogens (tertiary/aromatic N) is 1. The van der Waals surface area contributed by atoms with E-state index in [1.54, 1.807) is 40.3 Å². The smallest absolute Gasteiger partial charge is 0.243 e. The standard InChI is InChI=1S/C23H32N2O3S2/c1-18(2)14-25(15-19(3)4)30(27,28)22-12-10-21(11-13-22)24-23(26)17-29-16-20-8-6-5-7-9-20/h5-13,18-19H,14-17H2,1-4H3,(H,24,26). The minimum Gasteiger partial charge on any atom is -0.325 e. The van der Waals surface area contributed by atoms with Crippen molar-refractivity contribution in [2.75, 3.05) is 24.2 Å². The van der Waals surface area contributed by atoms with Gasteiger partial charge in [-0.2, -0.15) is 4.31 Å². The molecule has 0 heterocycles. The van der Waals surface area contributed by atoms with Crippen LogP contribution >= 0.6 is 11.8 Å². The fourth-order valence-electron chi connectivity index (χ4n) is 2.98. The van der Waals surface area contributed by atoms with Gasteiger partial charge < -0.3 is 5.32 Å². The lowest BCUT2D eigenvalue weighted by molar-refractivity contribution is -0.113. The zero-order valence-electron chi connectivity index (χ0n) is 18.2. The summed E-state index contributed by atoms with van der Waals surface area (Å²) in [5, 5.41) is 2.83. The third kappa shape index (κ3) is 7.78. The number of carbonyl (C=O) groups is 1. The number of nitrogens with one attached hydrogen (secondary N) is 1. The van der Waals surface area contributed by atoms with Crippen molar-refractivity contribution in [1.82, 2.24) is 4.31 Å². The van der Waals surface area contributed by atoms with Crippen molar-refractivity contribution >= 4 is 33.4 Å². The molecule has 0 radical (unpaired) electrons.